The molecule has 0 aromatic heterocycles. The third-order valence-corrected chi connectivity index (χ3v) is 2.95. The molecule has 0 aliphatic rings. The molecule has 0 saturated carbocycles. The number of carboxylic acid groups (broad SMARTS) is 1. The van der Waals surface area contributed by atoms with Crippen LogP contribution in [0.1, 0.15) is 29.8 Å². The number of carbonyl (C=O) groups excluding carboxylic acids is 1. The maximum absolute atomic E-state index is 11.9. The lowest BCUT2D eigenvalue weighted by Gasteiger charge is -2.18. The number of amides is 1. The molecular weight excluding hydrogens is 234 g/mol. The van der Waals surface area contributed by atoms with Gasteiger partial charge in [0.2, 0.25) is 0 Å². The van der Waals surface area contributed by atoms with Crippen molar-refractivity contribution in [2.24, 2.45) is 5.92 Å². The standard InChI is InChI=1S/C13H17NO4/c1-7-6-10(15)4-5-11(7)12(16)14-9(3)8(2)13(17)18/h4-6,8-9,15H,1-3H3,(H,14,16)(H,17,18). The van der Waals surface area contributed by atoms with E-state index >= 15 is 0 Å². The number of hydrogen-bond acceptors (Lipinski definition) is 3. The Balaban J connectivity index is 2.79. The van der Waals surface area contributed by atoms with Crippen molar-refractivity contribution in [1.82, 2.24) is 5.32 Å². The van der Waals surface area contributed by atoms with Gasteiger partial charge in [0.15, 0.2) is 0 Å². The average Bonchev–Trinajstić information content (AvgIpc) is 2.27. The van der Waals surface area contributed by atoms with Gasteiger partial charge in [-0.15, -0.1) is 0 Å². The molecular formula is C13H17NO4. The van der Waals surface area contributed by atoms with Crippen molar-refractivity contribution in [1.29, 1.82) is 0 Å². The lowest BCUT2D eigenvalue weighted by atomic mass is 10.0. The summed E-state index contributed by atoms with van der Waals surface area (Å²) >= 11 is 0. The molecule has 2 unspecified atom stereocenters. The maximum atomic E-state index is 11.9. The van der Waals surface area contributed by atoms with Crippen molar-refractivity contribution in [3.8, 4) is 5.75 Å². The largest absolute Gasteiger partial charge is 0.508 e. The summed E-state index contributed by atoms with van der Waals surface area (Å²) in [5.74, 6) is -1.86. The molecule has 1 rings (SSSR count). The first kappa shape index (κ1) is 14.0. The van der Waals surface area contributed by atoms with Gasteiger partial charge < -0.3 is 15.5 Å². The molecule has 0 heterocycles. The second-order valence-corrected chi connectivity index (χ2v) is 4.39. The van der Waals surface area contributed by atoms with Crippen LogP contribution in [-0.2, 0) is 4.79 Å². The van der Waals surface area contributed by atoms with Gasteiger partial charge in [-0.25, -0.2) is 0 Å². The van der Waals surface area contributed by atoms with Crippen molar-refractivity contribution in [3.63, 3.8) is 0 Å². The highest BCUT2D eigenvalue weighted by atomic mass is 16.4. The zero-order valence-corrected chi connectivity index (χ0v) is 10.6. The number of carbonyl (C=O) groups is 2. The number of aromatic hydroxyl groups is 1. The predicted molar refractivity (Wildman–Crippen MR) is 66.6 cm³/mol. The van der Waals surface area contributed by atoms with E-state index in [1.54, 1.807) is 13.8 Å². The molecule has 5 heteroatoms. The van der Waals surface area contributed by atoms with Crippen molar-refractivity contribution in [3.05, 3.63) is 29.3 Å². The van der Waals surface area contributed by atoms with Crippen LogP contribution in [0.2, 0.25) is 0 Å². The number of aliphatic carboxylic acids is 1. The van der Waals surface area contributed by atoms with Crippen LogP contribution in [0.3, 0.4) is 0 Å². The molecule has 0 radical (unpaired) electrons. The van der Waals surface area contributed by atoms with Crippen molar-refractivity contribution in [2.45, 2.75) is 26.8 Å². The summed E-state index contributed by atoms with van der Waals surface area (Å²) in [6.07, 6.45) is 0. The molecule has 2 atom stereocenters. The van der Waals surface area contributed by atoms with E-state index in [0.717, 1.165) is 0 Å². The van der Waals surface area contributed by atoms with Gasteiger partial charge in [0.05, 0.1) is 5.92 Å². The second-order valence-electron chi connectivity index (χ2n) is 4.39. The minimum Gasteiger partial charge on any atom is -0.508 e. The normalized spacial score (nSPS) is 13.7. The first-order valence-electron chi connectivity index (χ1n) is 5.66. The van der Waals surface area contributed by atoms with Gasteiger partial charge in [0.1, 0.15) is 5.75 Å². The summed E-state index contributed by atoms with van der Waals surface area (Å²) in [4.78, 5) is 22.7. The molecule has 0 aliphatic heterocycles. The summed E-state index contributed by atoms with van der Waals surface area (Å²) < 4.78 is 0. The van der Waals surface area contributed by atoms with E-state index in [-0.39, 0.29) is 11.7 Å². The van der Waals surface area contributed by atoms with E-state index < -0.39 is 17.9 Å². The molecule has 0 bridgehead atoms. The molecule has 1 aromatic carbocycles. The van der Waals surface area contributed by atoms with Gasteiger partial charge in [0, 0.05) is 11.6 Å². The molecule has 1 aromatic rings. The molecule has 3 N–H and O–H groups in total. The summed E-state index contributed by atoms with van der Waals surface area (Å²) in [6.45, 7) is 4.89. The average molecular weight is 251 g/mol. The molecule has 0 fully saturated rings. The van der Waals surface area contributed by atoms with Crippen molar-refractivity contribution >= 4 is 11.9 Å². The fourth-order valence-corrected chi connectivity index (χ4v) is 1.53. The maximum Gasteiger partial charge on any atom is 0.308 e. The summed E-state index contributed by atoms with van der Waals surface area (Å²) in [6, 6.07) is 3.95. The van der Waals surface area contributed by atoms with Crippen LogP contribution in [0, 0.1) is 12.8 Å². The van der Waals surface area contributed by atoms with E-state index in [0.29, 0.717) is 11.1 Å². The van der Waals surface area contributed by atoms with E-state index in [4.69, 9.17) is 5.11 Å². The number of phenolic OH excluding ortho intramolecular Hbond substituents is 1. The minimum atomic E-state index is -0.953. The number of nitrogens with one attached hydrogen (secondary N) is 1. The third kappa shape index (κ3) is 3.23. The molecule has 18 heavy (non-hydrogen) atoms. The molecule has 0 aliphatic carbocycles. The van der Waals surface area contributed by atoms with Gasteiger partial charge in [-0.1, -0.05) is 0 Å². The number of benzene rings is 1. The van der Waals surface area contributed by atoms with Crippen LogP contribution in [0.15, 0.2) is 18.2 Å². The smallest absolute Gasteiger partial charge is 0.308 e. The van der Waals surface area contributed by atoms with Crippen LogP contribution in [0.5, 0.6) is 5.75 Å². The number of hydrogen-bond donors (Lipinski definition) is 3. The zero-order chi connectivity index (χ0) is 13.9. The Labute approximate surface area is 105 Å². The predicted octanol–water partition coefficient (Wildman–Crippen LogP) is 1.54. The Morgan fingerprint density at radius 2 is 1.89 bits per heavy atom. The lowest BCUT2D eigenvalue weighted by Crippen LogP contribution is -2.40. The lowest BCUT2D eigenvalue weighted by molar-refractivity contribution is -0.141. The first-order valence-corrected chi connectivity index (χ1v) is 5.66. The molecule has 98 valence electrons. The summed E-state index contributed by atoms with van der Waals surface area (Å²) in [5.41, 5.74) is 1.07. The molecule has 1 amide bonds. The fraction of sp³-hybridized carbons (Fsp3) is 0.385. The van der Waals surface area contributed by atoms with Crippen LogP contribution < -0.4 is 5.32 Å². The third-order valence-electron chi connectivity index (χ3n) is 2.95. The monoisotopic (exact) mass is 251 g/mol. The van der Waals surface area contributed by atoms with Crippen LogP contribution in [0.4, 0.5) is 0 Å². The van der Waals surface area contributed by atoms with Crippen molar-refractivity contribution in [2.75, 3.05) is 0 Å². The number of aryl methyl sites for hydroxylation is 1. The van der Waals surface area contributed by atoms with E-state index in [1.165, 1.54) is 25.1 Å². The van der Waals surface area contributed by atoms with Gasteiger partial charge >= 0.3 is 5.97 Å². The topological polar surface area (TPSA) is 86.6 Å². The Morgan fingerprint density at radius 1 is 1.28 bits per heavy atom. The summed E-state index contributed by atoms with van der Waals surface area (Å²) in [7, 11) is 0. The number of phenols is 1. The quantitative estimate of drug-likeness (QED) is 0.757. The highest BCUT2D eigenvalue weighted by Crippen LogP contribution is 2.16. The highest BCUT2D eigenvalue weighted by Gasteiger charge is 2.22. The van der Waals surface area contributed by atoms with Crippen molar-refractivity contribution < 1.29 is 19.8 Å². The second kappa shape index (κ2) is 5.53. The first-order chi connectivity index (χ1) is 8.32. The molecule has 5 nitrogen and oxygen atoms in total. The number of rotatable bonds is 4. The molecule has 0 spiro atoms. The SMILES string of the molecule is Cc1cc(O)ccc1C(=O)NC(C)C(C)C(=O)O. The highest BCUT2D eigenvalue weighted by molar-refractivity contribution is 5.96. The van der Waals surface area contributed by atoms with Crippen LogP contribution in [-0.4, -0.2) is 28.1 Å². The Morgan fingerprint density at radius 3 is 2.39 bits per heavy atom. The van der Waals surface area contributed by atoms with Crippen LogP contribution >= 0.6 is 0 Å². The zero-order valence-electron chi connectivity index (χ0n) is 10.6. The van der Waals surface area contributed by atoms with E-state index in [2.05, 4.69) is 5.32 Å². The Kier molecular flexibility index (Phi) is 4.31. The van der Waals surface area contributed by atoms with E-state index in [1.807, 2.05) is 0 Å². The molecule has 0 saturated heterocycles. The number of carboxylic acids is 1. The Bertz CT molecular complexity index is 470. The van der Waals surface area contributed by atoms with Gasteiger partial charge in [-0.3, -0.25) is 9.59 Å². The van der Waals surface area contributed by atoms with Gasteiger partial charge in [-0.05, 0) is 44.5 Å². The minimum absolute atomic E-state index is 0.0935. The Hall–Kier alpha value is -2.04. The van der Waals surface area contributed by atoms with E-state index in [9.17, 15) is 14.7 Å². The summed E-state index contributed by atoms with van der Waals surface area (Å²) in [5, 5.41) is 20.7. The van der Waals surface area contributed by atoms with Gasteiger partial charge in [-0.2, -0.15) is 0 Å². The fourth-order valence-electron chi connectivity index (χ4n) is 1.53. The van der Waals surface area contributed by atoms with Gasteiger partial charge in [0.25, 0.3) is 5.91 Å². The van der Waals surface area contributed by atoms with Crippen LogP contribution in [0.25, 0.3) is 0 Å².